The minimum atomic E-state index is -3.44. The maximum absolute atomic E-state index is 11.7. The van der Waals surface area contributed by atoms with Gasteiger partial charge in [-0.2, -0.15) is 0 Å². The topological polar surface area (TPSA) is 84.0 Å². The lowest BCUT2D eigenvalue weighted by Crippen LogP contribution is -2.22. The van der Waals surface area contributed by atoms with Crippen LogP contribution in [0, 0.1) is 5.41 Å². The monoisotopic (exact) mass is 240 g/mol. The van der Waals surface area contributed by atoms with Gasteiger partial charge < -0.3 is 5.73 Å². The summed E-state index contributed by atoms with van der Waals surface area (Å²) in [5, 5.41) is 7.01. The van der Waals surface area contributed by atoms with Crippen LogP contribution in [0.2, 0.25) is 0 Å². The molecule has 0 saturated carbocycles. The van der Waals surface area contributed by atoms with E-state index in [0.29, 0.717) is 0 Å². The lowest BCUT2D eigenvalue weighted by atomic mass is 10.1. The Labute approximate surface area is 95.9 Å². The molecule has 0 heterocycles. The van der Waals surface area contributed by atoms with E-state index in [1.54, 1.807) is 24.3 Å². The molecular formula is C11H16N2O2S. The summed E-state index contributed by atoms with van der Waals surface area (Å²) >= 11 is 0. The van der Waals surface area contributed by atoms with Crippen molar-refractivity contribution in [3.05, 3.63) is 29.8 Å². The highest BCUT2D eigenvalue weighted by atomic mass is 32.2. The fraction of sp³-hybridized carbons (Fsp3) is 0.364. The maximum Gasteiger partial charge on any atom is 0.185 e. The van der Waals surface area contributed by atoms with E-state index in [0.717, 1.165) is 18.4 Å². The number of nitrogens with two attached hydrogens (primary N) is 1. The normalized spacial score (nSPS) is 11.3. The molecule has 0 bridgehead atoms. The van der Waals surface area contributed by atoms with Crippen LogP contribution in [0.25, 0.3) is 0 Å². The molecule has 1 aromatic carbocycles. The number of benzene rings is 1. The molecule has 5 heteroatoms. The summed E-state index contributed by atoms with van der Waals surface area (Å²) in [7, 11) is -3.44. The highest BCUT2D eigenvalue weighted by Gasteiger charge is 2.15. The first-order valence-corrected chi connectivity index (χ1v) is 6.75. The standard InChI is InChI=1S/C11H16N2O2S/c1-2-3-9-4-6-10(7-5-9)16(14,15)8-11(12)13/h4-7H,2-3,8H2,1H3,(H3,12,13). The van der Waals surface area contributed by atoms with E-state index in [9.17, 15) is 8.42 Å². The molecule has 0 aliphatic heterocycles. The van der Waals surface area contributed by atoms with Gasteiger partial charge in [0.05, 0.1) is 4.90 Å². The molecular weight excluding hydrogens is 224 g/mol. The fourth-order valence-corrected chi connectivity index (χ4v) is 2.57. The van der Waals surface area contributed by atoms with Gasteiger partial charge in [-0.25, -0.2) is 8.42 Å². The van der Waals surface area contributed by atoms with Gasteiger partial charge in [-0.05, 0) is 24.1 Å². The Hall–Kier alpha value is -1.36. The van der Waals surface area contributed by atoms with Gasteiger partial charge in [0.15, 0.2) is 9.84 Å². The lowest BCUT2D eigenvalue weighted by molar-refractivity contribution is 0.599. The Morgan fingerprint density at radius 3 is 2.31 bits per heavy atom. The minimum absolute atomic E-state index is 0.225. The molecule has 1 aromatic rings. The van der Waals surface area contributed by atoms with Crippen molar-refractivity contribution in [2.45, 2.75) is 24.7 Å². The van der Waals surface area contributed by atoms with Crippen LogP contribution in [-0.4, -0.2) is 20.0 Å². The summed E-state index contributed by atoms with van der Waals surface area (Å²) in [6, 6.07) is 6.75. The first-order chi connectivity index (χ1) is 7.45. The summed E-state index contributed by atoms with van der Waals surface area (Å²) in [4.78, 5) is 0.225. The van der Waals surface area contributed by atoms with Crippen LogP contribution in [0.5, 0.6) is 0 Å². The predicted molar refractivity (Wildman–Crippen MR) is 64.4 cm³/mol. The second-order valence-corrected chi connectivity index (χ2v) is 5.67. The molecule has 0 unspecified atom stereocenters. The first-order valence-electron chi connectivity index (χ1n) is 5.10. The molecule has 0 saturated heterocycles. The Bertz CT molecular complexity index is 463. The van der Waals surface area contributed by atoms with Crippen LogP contribution < -0.4 is 5.73 Å². The quantitative estimate of drug-likeness (QED) is 0.602. The zero-order valence-electron chi connectivity index (χ0n) is 9.23. The average molecular weight is 240 g/mol. The smallest absolute Gasteiger partial charge is 0.185 e. The highest BCUT2D eigenvalue weighted by Crippen LogP contribution is 2.13. The van der Waals surface area contributed by atoms with Gasteiger partial charge >= 0.3 is 0 Å². The summed E-state index contributed by atoms with van der Waals surface area (Å²) in [5.41, 5.74) is 6.21. The molecule has 0 aliphatic rings. The third-order valence-electron chi connectivity index (χ3n) is 2.17. The predicted octanol–water partition coefficient (Wildman–Crippen LogP) is 1.35. The van der Waals surface area contributed by atoms with E-state index in [-0.39, 0.29) is 10.7 Å². The Morgan fingerprint density at radius 2 is 1.88 bits per heavy atom. The molecule has 0 radical (unpaired) electrons. The molecule has 4 nitrogen and oxygen atoms in total. The van der Waals surface area contributed by atoms with Crippen LogP contribution in [0.1, 0.15) is 18.9 Å². The van der Waals surface area contributed by atoms with E-state index in [2.05, 4.69) is 6.92 Å². The molecule has 0 aliphatic carbocycles. The van der Waals surface area contributed by atoms with E-state index in [4.69, 9.17) is 11.1 Å². The number of hydrogen-bond donors (Lipinski definition) is 2. The molecule has 88 valence electrons. The van der Waals surface area contributed by atoms with Crippen LogP contribution in [0.15, 0.2) is 29.2 Å². The van der Waals surface area contributed by atoms with Gasteiger partial charge in [0.25, 0.3) is 0 Å². The number of hydrogen-bond acceptors (Lipinski definition) is 3. The minimum Gasteiger partial charge on any atom is -0.387 e. The number of rotatable bonds is 5. The van der Waals surface area contributed by atoms with Gasteiger partial charge in [0.2, 0.25) is 0 Å². The SMILES string of the molecule is CCCc1ccc(S(=O)(=O)CC(=N)N)cc1. The first kappa shape index (κ1) is 12.7. The van der Waals surface area contributed by atoms with Gasteiger partial charge in [0.1, 0.15) is 11.6 Å². The molecule has 1 rings (SSSR count). The molecule has 16 heavy (non-hydrogen) atoms. The fourth-order valence-electron chi connectivity index (χ4n) is 1.44. The third kappa shape index (κ3) is 3.34. The van der Waals surface area contributed by atoms with E-state index in [1.165, 1.54) is 0 Å². The van der Waals surface area contributed by atoms with E-state index in [1.807, 2.05) is 0 Å². The van der Waals surface area contributed by atoms with E-state index >= 15 is 0 Å². The van der Waals surface area contributed by atoms with Gasteiger partial charge in [-0.3, -0.25) is 5.41 Å². The van der Waals surface area contributed by atoms with Crippen molar-refractivity contribution in [1.82, 2.24) is 0 Å². The molecule has 0 aromatic heterocycles. The zero-order chi connectivity index (χ0) is 12.2. The van der Waals surface area contributed by atoms with Crippen molar-refractivity contribution in [3.8, 4) is 0 Å². The van der Waals surface area contributed by atoms with Crippen molar-refractivity contribution < 1.29 is 8.42 Å². The summed E-state index contributed by atoms with van der Waals surface area (Å²) in [5.74, 6) is -0.752. The van der Waals surface area contributed by atoms with E-state index < -0.39 is 15.6 Å². The van der Waals surface area contributed by atoms with Crippen molar-refractivity contribution in [1.29, 1.82) is 5.41 Å². The lowest BCUT2D eigenvalue weighted by Gasteiger charge is -2.04. The number of amidine groups is 1. The maximum atomic E-state index is 11.7. The van der Waals surface area contributed by atoms with Gasteiger partial charge in [-0.15, -0.1) is 0 Å². The molecule has 3 N–H and O–H groups in total. The van der Waals surface area contributed by atoms with Crippen molar-refractivity contribution in [2.24, 2.45) is 5.73 Å². The number of sulfone groups is 1. The van der Waals surface area contributed by atoms with Crippen molar-refractivity contribution in [2.75, 3.05) is 5.75 Å². The second kappa shape index (κ2) is 5.12. The summed E-state index contributed by atoms with van der Waals surface area (Å²) in [6.45, 7) is 2.07. The second-order valence-electron chi connectivity index (χ2n) is 3.68. The summed E-state index contributed by atoms with van der Waals surface area (Å²) < 4.78 is 23.4. The Balaban J connectivity index is 2.93. The average Bonchev–Trinajstić information content (AvgIpc) is 2.17. The molecule has 0 atom stereocenters. The Morgan fingerprint density at radius 1 is 1.31 bits per heavy atom. The van der Waals surface area contributed by atoms with Crippen molar-refractivity contribution >= 4 is 15.7 Å². The van der Waals surface area contributed by atoms with Crippen LogP contribution >= 0.6 is 0 Å². The molecule has 0 amide bonds. The highest BCUT2D eigenvalue weighted by molar-refractivity contribution is 7.92. The summed E-state index contributed by atoms with van der Waals surface area (Å²) in [6.07, 6.45) is 1.96. The van der Waals surface area contributed by atoms with Gasteiger partial charge in [0, 0.05) is 0 Å². The van der Waals surface area contributed by atoms with Crippen LogP contribution in [0.4, 0.5) is 0 Å². The number of nitrogens with one attached hydrogen (secondary N) is 1. The van der Waals surface area contributed by atoms with Crippen LogP contribution in [0.3, 0.4) is 0 Å². The van der Waals surface area contributed by atoms with Gasteiger partial charge in [-0.1, -0.05) is 25.5 Å². The number of aryl methyl sites for hydroxylation is 1. The van der Waals surface area contributed by atoms with Crippen LogP contribution in [-0.2, 0) is 16.3 Å². The Kier molecular flexibility index (Phi) is 4.06. The largest absolute Gasteiger partial charge is 0.387 e. The van der Waals surface area contributed by atoms with Crippen molar-refractivity contribution in [3.63, 3.8) is 0 Å². The molecule has 0 fully saturated rings. The third-order valence-corrected chi connectivity index (χ3v) is 3.85. The molecule has 0 spiro atoms. The zero-order valence-corrected chi connectivity index (χ0v) is 10.0.